The molecule has 2 rings (SSSR count). The lowest BCUT2D eigenvalue weighted by atomic mass is 10.1. The largest absolute Gasteiger partial charge is 0.490 e. The monoisotopic (exact) mass is 526 g/mol. The van der Waals surface area contributed by atoms with Crippen molar-refractivity contribution in [3.05, 3.63) is 57.2 Å². The van der Waals surface area contributed by atoms with Crippen molar-refractivity contribution in [2.45, 2.75) is 39.3 Å². The highest BCUT2D eigenvalue weighted by Gasteiger charge is 2.18. The number of carbonyl (C=O) groups is 1. The van der Waals surface area contributed by atoms with Gasteiger partial charge in [-0.05, 0) is 73.0 Å². The van der Waals surface area contributed by atoms with Crippen LogP contribution in [0.4, 0.5) is 0 Å². The van der Waals surface area contributed by atoms with Gasteiger partial charge in [0.2, 0.25) is 0 Å². The molecule has 3 N–H and O–H groups in total. The molecule has 0 unspecified atom stereocenters. The Kier molecular flexibility index (Phi) is 9.87. The Bertz CT molecular complexity index is 812. The second-order valence-corrected chi connectivity index (χ2v) is 8.77. The first kappa shape index (κ1) is 24.4. The first-order valence-electron chi connectivity index (χ1n) is 10.1. The normalized spacial score (nSPS) is 11.2. The van der Waals surface area contributed by atoms with E-state index in [1.54, 1.807) is 0 Å². The molecule has 6 nitrogen and oxygen atoms in total. The smallest absolute Gasteiger partial charge is 0.257 e. The summed E-state index contributed by atoms with van der Waals surface area (Å²) in [7, 11) is 0. The number of hydrogen-bond acceptors (Lipinski definition) is 5. The Morgan fingerprint density at radius 2 is 1.87 bits per heavy atom. The summed E-state index contributed by atoms with van der Waals surface area (Å²) in [5.41, 5.74) is 1.83. The topological polar surface area (TPSA) is 79.8 Å². The molecule has 0 atom stereocenters. The van der Waals surface area contributed by atoms with E-state index in [9.17, 15) is 9.90 Å². The molecule has 0 saturated carbocycles. The van der Waals surface area contributed by atoms with Crippen LogP contribution in [0.3, 0.4) is 0 Å². The average molecular weight is 526 g/mol. The third kappa shape index (κ3) is 8.12. The van der Waals surface area contributed by atoms with Crippen LogP contribution in [0, 0.1) is 3.57 Å². The van der Waals surface area contributed by atoms with Gasteiger partial charge < -0.3 is 25.2 Å². The number of nitrogens with one attached hydrogen (secondary N) is 2. The summed E-state index contributed by atoms with van der Waals surface area (Å²) in [5, 5.41) is 15.6. The van der Waals surface area contributed by atoms with E-state index in [1.165, 1.54) is 5.56 Å². The van der Waals surface area contributed by atoms with Crippen LogP contribution < -0.4 is 20.1 Å². The molecule has 0 spiro atoms. The molecular weight excluding hydrogens is 495 g/mol. The molecular formula is C23H31IN2O4. The number of amides is 1. The van der Waals surface area contributed by atoms with Gasteiger partial charge in [0.15, 0.2) is 18.1 Å². The first-order valence-corrected chi connectivity index (χ1v) is 11.2. The van der Waals surface area contributed by atoms with Crippen LogP contribution >= 0.6 is 22.6 Å². The molecule has 7 heteroatoms. The van der Waals surface area contributed by atoms with E-state index in [0.717, 1.165) is 15.6 Å². The van der Waals surface area contributed by atoms with E-state index >= 15 is 0 Å². The van der Waals surface area contributed by atoms with Gasteiger partial charge in [0.05, 0.1) is 16.8 Å². The van der Waals surface area contributed by atoms with Crippen LogP contribution in [-0.2, 0) is 17.8 Å². The van der Waals surface area contributed by atoms with Crippen molar-refractivity contribution >= 4 is 28.5 Å². The Labute approximate surface area is 192 Å². The SMILES string of the molecule is CCOc1cc(CNC(C)(C)CO)cc(I)c1OCC(=O)NCCc1ccccc1. The summed E-state index contributed by atoms with van der Waals surface area (Å²) in [6.07, 6.45) is 0.778. The summed E-state index contributed by atoms with van der Waals surface area (Å²) in [6, 6.07) is 13.9. The molecule has 164 valence electrons. The van der Waals surface area contributed by atoms with Crippen LogP contribution in [0.5, 0.6) is 11.5 Å². The van der Waals surface area contributed by atoms with Crippen molar-refractivity contribution in [1.29, 1.82) is 0 Å². The van der Waals surface area contributed by atoms with Crippen molar-refractivity contribution in [2.24, 2.45) is 0 Å². The quantitative estimate of drug-likeness (QED) is 0.370. The fourth-order valence-corrected chi connectivity index (χ4v) is 3.52. The third-order valence-electron chi connectivity index (χ3n) is 4.46. The zero-order valence-corrected chi connectivity index (χ0v) is 20.0. The van der Waals surface area contributed by atoms with Gasteiger partial charge in [-0.3, -0.25) is 4.79 Å². The van der Waals surface area contributed by atoms with E-state index in [4.69, 9.17) is 9.47 Å². The molecule has 0 aromatic heterocycles. The zero-order valence-electron chi connectivity index (χ0n) is 17.8. The van der Waals surface area contributed by atoms with Crippen molar-refractivity contribution < 1.29 is 19.4 Å². The molecule has 0 bridgehead atoms. The van der Waals surface area contributed by atoms with E-state index in [-0.39, 0.29) is 24.7 Å². The number of hydrogen-bond donors (Lipinski definition) is 3. The second kappa shape index (κ2) is 12.1. The summed E-state index contributed by atoms with van der Waals surface area (Å²) in [6.45, 7) is 7.41. The first-order chi connectivity index (χ1) is 14.3. The highest BCUT2D eigenvalue weighted by Crippen LogP contribution is 2.34. The van der Waals surface area contributed by atoms with Crippen LogP contribution in [-0.4, -0.2) is 42.9 Å². The van der Waals surface area contributed by atoms with E-state index in [0.29, 0.717) is 31.2 Å². The highest BCUT2D eigenvalue weighted by atomic mass is 127. The Morgan fingerprint density at radius 3 is 2.53 bits per heavy atom. The number of carbonyl (C=O) groups excluding carboxylic acids is 1. The molecule has 1 amide bonds. The predicted molar refractivity (Wildman–Crippen MR) is 127 cm³/mol. The minimum atomic E-state index is -0.371. The van der Waals surface area contributed by atoms with Crippen molar-refractivity contribution in [3.63, 3.8) is 0 Å². The number of ether oxygens (including phenoxy) is 2. The summed E-state index contributed by atoms with van der Waals surface area (Å²) in [5.74, 6) is 1.01. The van der Waals surface area contributed by atoms with Gasteiger partial charge in [-0.2, -0.15) is 0 Å². The standard InChI is InChI=1S/C23H31IN2O4/c1-4-29-20-13-18(14-26-23(2,3)16-27)12-19(24)22(20)30-15-21(28)25-11-10-17-8-6-5-7-9-17/h5-9,12-13,26-27H,4,10-11,14-16H2,1-3H3,(H,25,28). The summed E-state index contributed by atoms with van der Waals surface area (Å²) in [4.78, 5) is 12.2. The maximum absolute atomic E-state index is 12.2. The number of rotatable bonds is 12. The fourth-order valence-electron chi connectivity index (χ4n) is 2.70. The molecule has 0 aliphatic carbocycles. The van der Waals surface area contributed by atoms with E-state index < -0.39 is 0 Å². The molecule has 0 aliphatic rings. The van der Waals surface area contributed by atoms with Crippen molar-refractivity contribution in [1.82, 2.24) is 10.6 Å². The lowest BCUT2D eigenvalue weighted by Crippen LogP contribution is -2.42. The Balaban J connectivity index is 1.94. The minimum Gasteiger partial charge on any atom is -0.490 e. The minimum absolute atomic E-state index is 0.0446. The van der Waals surface area contributed by atoms with Gasteiger partial charge >= 0.3 is 0 Å². The van der Waals surface area contributed by atoms with Gasteiger partial charge in [-0.25, -0.2) is 0 Å². The molecule has 0 radical (unpaired) electrons. The zero-order chi connectivity index (χ0) is 22.0. The van der Waals surface area contributed by atoms with Crippen LogP contribution in [0.15, 0.2) is 42.5 Å². The van der Waals surface area contributed by atoms with Crippen molar-refractivity contribution in [2.75, 3.05) is 26.4 Å². The van der Waals surface area contributed by atoms with Gasteiger partial charge in [-0.15, -0.1) is 0 Å². The molecule has 0 fully saturated rings. The number of halogens is 1. The maximum atomic E-state index is 12.2. The van der Waals surface area contributed by atoms with Crippen LogP contribution in [0.1, 0.15) is 31.9 Å². The van der Waals surface area contributed by atoms with Crippen LogP contribution in [0.25, 0.3) is 0 Å². The predicted octanol–water partition coefficient (Wildman–Crippen LogP) is 3.29. The van der Waals surface area contributed by atoms with E-state index in [1.807, 2.05) is 63.2 Å². The highest BCUT2D eigenvalue weighted by molar-refractivity contribution is 14.1. The number of aliphatic hydroxyl groups excluding tert-OH is 1. The summed E-state index contributed by atoms with van der Waals surface area (Å²) >= 11 is 2.19. The van der Waals surface area contributed by atoms with Gasteiger partial charge in [0, 0.05) is 18.6 Å². The number of aliphatic hydroxyl groups is 1. The lowest BCUT2D eigenvalue weighted by molar-refractivity contribution is -0.123. The molecule has 30 heavy (non-hydrogen) atoms. The summed E-state index contributed by atoms with van der Waals surface area (Å²) < 4.78 is 12.4. The average Bonchev–Trinajstić information content (AvgIpc) is 2.73. The molecule has 2 aromatic carbocycles. The Hall–Kier alpha value is -1.84. The molecule has 0 heterocycles. The van der Waals surface area contributed by atoms with Crippen molar-refractivity contribution in [3.8, 4) is 11.5 Å². The van der Waals surface area contributed by atoms with Crippen LogP contribution in [0.2, 0.25) is 0 Å². The number of benzene rings is 2. The maximum Gasteiger partial charge on any atom is 0.257 e. The lowest BCUT2D eigenvalue weighted by Gasteiger charge is -2.24. The molecule has 2 aromatic rings. The second-order valence-electron chi connectivity index (χ2n) is 7.61. The Morgan fingerprint density at radius 1 is 1.13 bits per heavy atom. The van der Waals surface area contributed by atoms with E-state index in [2.05, 4.69) is 33.2 Å². The van der Waals surface area contributed by atoms with Gasteiger partial charge in [-0.1, -0.05) is 30.3 Å². The fraction of sp³-hybridized carbons (Fsp3) is 0.435. The third-order valence-corrected chi connectivity index (χ3v) is 5.26. The van der Waals surface area contributed by atoms with Gasteiger partial charge in [0.1, 0.15) is 0 Å². The molecule has 0 saturated heterocycles. The molecule has 0 aliphatic heterocycles. The van der Waals surface area contributed by atoms with Gasteiger partial charge in [0.25, 0.3) is 5.91 Å².